The van der Waals surface area contributed by atoms with Gasteiger partial charge in [0, 0.05) is 6.42 Å². The molecule has 6 N–H and O–H groups in total. The Labute approximate surface area is 443 Å². The molecule has 11 heteroatoms. The molecular formula is C62H103NO10. The van der Waals surface area contributed by atoms with Crippen LogP contribution in [0.15, 0.2) is 109 Å². The number of nitrogens with one attached hydrogen (secondary N) is 1. The molecule has 0 spiro atoms. The lowest BCUT2D eigenvalue weighted by Crippen LogP contribution is -2.61. The summed E-state index contributed by atoms with van der Waals surface area (Å²) >= 11 is 0. The van der Waals surface area contributed by atoms with Crippen LogP contribution in [0.4, 0.5) is 0 Å². The van der Waals surface area contributed by atoms with Crippen molar-refractivity contribution < 1.29 is 49.3 Å². The standard InChI is InChI=1S/C62H103NO10/c1-4-7-10-13-16-19-22-24-26-27-28-29-30-32-35-38-41-44-47-50-57(67)73-60-59(69)58(68)56(51-64)72-62(60)71-52-53(54(65)48-45-42-39-36-33-21-18-15-12-9-6-3)63-61(70)55(66)49-46-43-40-37-34-31-25-23-20-17-14-11-8-5-2/h8,11,14,16-17,19-20,23-26,28-29,31-32,35,45,48,53-56,58-60,62,64-66,68-69H,4-7,9-10,12-13,15,18,21-22,27,30,33-34,36-44,46-47,49-52H2,1-3H3,(H,63,70)/b11-8+,17-14+,19-16-,23-20+,26-24-,29-28-,31-25-,35-32-,48-45+. The van der Waals surface area contributed by atoms with Crippen LogP contribution >= 0.6 is 0 Å². The van der Waals surface area contributed by atoms with Crippen molar-refractivity contribution in [2.24, 2.45) is 0 Å². The molecule has 8 unspecified atom stereocenters. The Bertz CT molecular complexity index is 1600. The molecule has 1 amide bonds. The molecule has 0 saturated carbocycles. The Hall–Kier alpha value is -3.68. The van der Waals surface area contributed by atoms with E-state index < -0.39 is 67.4 Å². The van der Waals surface area contributed by atoms with Crippen molar-refractivity contribution in [2.75, 3.05) is 13.2 Å². The van der Waals surface area contributed by atoms with Gasteiger partial charge < -0.3 is 45.1 Å². The van der Waals surface area contributed by atoms with Crippen molar-refractivity contribution in [3.63, 3.8) is 0 Å². The summed E-state index contributed by atoms with van der Waals surface area (Å²) < 4.78 is 17.5. The molecule has 1 aliphatic rings. The normalized spacial score (nSPS) is 20.2. The number of aliphatic hydroxyl groups is 5. The smallest absolute Gasteiger partial charge is 0.306 e. The van der Waals surface area contributed by atoms with Crippen molar-refractivity contribution >= 4 is 11.9 Å². The van der Waals surface area contributed by atoms with Gasteiger partial charge in [-0.3, -0.25) is 9.59 Å². The highest BCUT2D eigenvalue weighted by atomic mass is 16.7. The summed E-state index contributed by atoms with van der Waals surface area (Å²) in [4.78, 5) is 26.4. The Balaban J connectivity index is 2.76. The fraction of sp³-hybridized carbons (Fsp3) is 0.677. The molecule has 1 heterocycles. The highest BCUT2D eigenvalue weighted by Gasteiger charge is 2.47. The van der Waals surface area contributed by atoms with Gasteiger partial charge in [-0.25, -0.2) is 0 Å². The topological polar surface area (TPSA) is 175 Å². The van der Waals surface area contributed by atoms with E-state index in [1.807, 2.05) is 42.5 Å². The number of esters is 1. The zero-order valence-corrected chi connectivity index (χ0v) is 45.7. The maximum atomic E-state index is 13.4. The van der Waals surface area contributed by atoms with Crippen LogP contribution in [0.3, 0.4) is 0 Å². The van der Waals surface area contributed by atoms with Gasteiger partial charge in [-0.15, -0.1) is 0 Å². The summed E-state index contributed by atoms with van der Waals surface area (Å²) in [7, 11) is 0. The summed E-state index contributed by atoms with van der Waals surface area (Å²) in [6.07, 6.45) is 55.6. The molecule has 1 aliphatic heterocycles. The number of carbonyl (C=O) groups is 2. The summed E-state index contributed by atoms with van der Waals surface area (Å²) in [5.41, 5.74) is 0. The molecule has 0 radical (unpaired) electrons. The van der Waals surface area contributed by atoms with Gasteiger partial charge in [0.2, 0.25) is 5.91 Å². The number of carbonyl (C=O) groups excluding carboxylic acids is 2. The summed E-state index contributed by atoms with van der Waals surface area (Å²) in [5.74, 6) is -1.26. The fourth-order valence-electron chi connectivity index (χ4n) is 8.17. The van der Waals surface area contributed by atoms with E-state index in [1.165, 1.54) is 64.2 Å². The highest BCUT2D eigenvalue weighted by molar-refractivity contribution is 5.80. The number of amides is 1. The van der Waals surface area contributed by atoms with Gasteiger partial charge in [0.25, 0.3) is 0 Å². The average Bonchev–Trinajstić information content (AvgIpc) is 3.39. The van der Waals surface area contributed by atoms with Gasteiger partial charge >= 0.3 is 5.97 Å². The Morgan fingerprint density at radius 2 is 1.04 bits per heavy atom. The maximum absolute atomic E-state index is 13.4. The van der Waals surface area contributed by atoms with Gasteiger partial charge in [-0.2, -0.15) is 0 Å². The lowest BCUT2D eigenvalue weighted by atomic mass is 9.99. The molecule has 8 atom stereocenters. The first-order valence-electron chi connectivity index (χ1n) is 28.7. The van der Waals surface area contributed by atoms with Crippen LogP contribution in [0.1, 0.15) is 207 Å². The predicted molar refractivity (Wildman–Crippen MR) is 301 cm³/mol. The maximum Gasteiger partial charge on any atom is 0.306 e. The lowest BCUT2D eigenvalue weighted by Gasteiger charge is -2.41. The van der Waals surface area contributed by atoms with E-state index in [2.05, 4.69) is 86.8 Å². The largest absolute Gasteiger partial charge is 0.454 e. The van der Waals surface area contributed by atoms with Gasteiger partial charge in [-0.05, 0) is 89.9 Å². The lowest BCUT2D eigenvalue weighted by molar-refractivity contribution is -0.305. The molecule has 0 aliphatic carbocycles. The molecule has 73 heavy (non-hydrogen) atoms. The van der Waals surface area contributed by atoms with Crippen LogP contribution in [0.2, 0.25) is 0 Å². The predicted octanol–water partition coefficient (Wildman–Crippen LogP) is 12.9. The zero-order valence-electron chi connectivity index (χ0n) is 45.7. The van der Waals surface area contributed by atoms with Gasteiger partial charge in [0.1, 0.15) is 24.4 Å². The number of rotatable bonds is 46. The molecule has 416 valence electrons. The Kier molecular flexibility index (Phi) is 45.4. The van der Waals surface area contributed by atoms with E-state index in [4.69, 9.17) is 14.2 Å². The molecule has 0 aromatic heterocycles. The van der Waals surface area contributed by atoms with Gasteiger partial charge in [0.15, 0.2) is 12.4 Å². The molecule has 1 saturated heterocycles. The molecule has 11 nitrogen and oxygen atoms in total. The SMILES string of the molecule is CC/C=C/C=C/C=C/C=C\CCCCCCC(O)C(=O)NC(COC1OC(CO)C(O)C(O)C1OC(=O)CCCCC/C=C\C/C=C\C/C=C\C/C=C\CCCCC)C(O)/C=C/CCCCCCCCCCC. The van der Waals surface area contributed by atoms with E-state index in [1.54, 1.807) is 6.08 Å². The molecule has 1 rings (SSSR count). The van der Waals surface area contributed by atoms with Crippen molar-refractivity contribution in [3.8, 4) is 0 Å². The quantitative estimate of drug-likeness (QED) is 0.0149. The molecule has 0 bridgehead atoms. The van der Waals surface area contributed by atoms with Crippen LogP contribution in [0.5, 0.6) is 0 Å². The molecule has 1 fully saturated rings. The third-order valence-corrected chi connectivity index (χ3v) is 12.8. The minimum absolute atomic E-state index is 0.0768. The second-order valence-electron chi connectivity index (χ2n) is 19.4. The fourth-order valence-corrected chi connectivity index (χ4v) is 8.17. The molecular weight excluding hydrogens is 919 g/mol. The van der Waals surface area contributed by atoms with Crippen molar-refractivity contribution in [1.29, 1.82) is 0 Å². The highest BCUT2D eigenvalue weighted by Crippen LogP contribution is 2.26. The number of allylic oxidation sites excluding steroid dienone is 17. The summed E-state index contributed by atoms with van der Waals surface area (Å²) in [5, 5.41) is 56.7. The monoisotopic (exact) mass is 1020 g/mol. The summed E-state index contributed by atoms with van der Waals surface area (Å²) in [6.45, 7) is 5.55. The first-order chi connectivity index (χ1) is 35.7. The van der Waals surface area contributed by atoms with Crippen LogP contribution in [0, 0.1) is 0 Å². The number of aliphatic hydroxyl groups excluding tert-OH is 5. The van der Waals surface area contributed by atoms with Crippen LogP contribution in [-0.2, 0) is 23.8 Å². The minimum Gasteiger partial charge on any atom is -0.454 e. The van der Waals surface area contributed by atoms with E-state index in [9.17, 15) is 35.1 Å². The Morgan fingerprint density at radius 3 is 1.63 bits per heavy atom. The Morgan fingerprint density at radius 1 is 0.562 bits per heavy atom. The van der Waals surface area contributed by atoms with E-state index >= 15 is 0 Å². The van der Waals surface area contributed by atoms with Crippen molar-refractivity contribution in [2.45, 2.75) is 256 Å². The van der Waals surface area contributed by atoms with Crippen LogP contribution in [-0.4, -0.2) is 99.6 Å². The number of ether oxygens (including phenoxy) is 3. The van der Waals surface area contributed by atoms with Gasteiger partial charge in [-0.1, -0.05) is 220 Å². The van der Waals surface area contributed by atoms with Crippen LogP contribution < -0.4 is 5.32 Å². The average molecular weight is 1020 g/mol. The van der Waals surface area contributed by atoms with Crippen molar-refractivity contribution in [3.05, 3.63) is 109 Å². The second-order valence-corrected chi connectivity index (χ2v) is 19.4. The van der Waals surface area contributed by atoms with E-state index in [0.29, 0.717) is 12.8 Å². The molecule has 0 aromatic carbocycles. The summed E-state index contributed by atoms with van der Waals surface area (Å²) in [6, 6.07) is -1.05. The van der Waals surface area contributed by atoms with E-state index in [-0.39, 0.29) is 19.4 Å². The molecule has 0 aromatic rings. The number of hydrogen-bond acceptors (Lipinski definition) is 10. The third-order valence-electron chi connectivity index (χ3n) is 12.8. The minimum atomic E-state index is -1.64. The first-order valence-corrected chi connectivity index (χ1v) is 28.7. The number of hydrogen-bond donors (Lipinski definition) is 6. The van der Waals surface area contributed by atoms with Crippen LogP contribution in [0.25, 0.3) is 0 Å². The third kappa shape index (κ3) is 37.7. The number of unbranched alkanes of at least 4 members (excludes halogenated alkanes) is 19. The zero-order chi connectivity index (χ0) is 53.3. The second kappa shape index (κ2) is 49.2. The van der Waals surface area contributed by atoms with Gasteiger partial charge in [0.05, 0.1) is 25.4 Å². The van der Waals surface area contributed by atoms with E-state index in [0.717, 1.165) is 96.3 Å². The van der Waals surface area contributed by atoms with Crippen molar-refractivity contribution in [1.82, 2.24) is 5.32 Å². The first kappa shape index (κ1) is 67.3.